The van der Waals surface area contributed by atoms with Gasteiger partial charge in [0, 0.05) is 49.9 Å². The van der Waals surface area contributed by atoms with E-state index in [0.717, 1.165) is 28.2 Å². The van der Waals surface area contributed by atoms with E-state index in [1.807, 2.05) is 23.7 Å². The molecule has 0 fully saturated rings. The van der Waals surface area contributed by atoms with Crippen LogP contribution in [-0.2, 0) is 20.0 Å². The summed E-state index contributed by atoms with van der Waals surface area (Å²) >= 11 is 0. The van der Waals surface area contributed by atoms with E-state index in [-0.39, 0.29) is 11.7 Å². The second kappa shape index (κ2) is 6.51. The van der Waals surface area contributed by atoms with Crippen LogP contribution in [0.25, 0.3) is 16.9 Å². The fourth-order valence-corrected chi connectivity index (χ4v) is 3.82. The fraction of sp³-hybridized carbons (Fsp3) is 0.238. The molecule has 0 bridgehead atoms. The Hall–Kier alpha value is -3.55. The molecule has 29 heavy (non-hydrogen) atoms. The van der Waals surface area contributed by atoms with Crippen molar-refractivity contribution in [3.8, 4) is 11.3 Å². The predicted molar refractivity (Wildman–Crippen MR) is 105 cm³/mol. The van der Waals surface area contributed by atoms with Gasteiger partial charge in [0.25, 0.3) is 5.91 Å². The number of fused-ring (bicyclic) bond motifs is 3. The average Bonchev–Trinajstić information content (AvgIpc) is 3.29. The Bertz CT molecular complexity index is 1240. The molecule has 0 radical (unpaired) electrons. The third-order valence-electron chi connectivity index (χ3n) is 5.30. The second-order valence-corrected chi connectivity index (χ2v) is 7.31. The number of amides is 1. The Labute approximate surface area is 166 Å². The highest BCUT2D eigenvalue weighted by atomic mass is 19.1. The standard InChI is InChI=1S/C21H19FN6O/c1-13-9-20-23-11-15-12-27(8-7-18(15)28(20)24-13)21(29)19-10-17(25-26(19)2)14-3-5-16(22)6-4-14/h3-6,9-11H,7-8,12H2,1-2H3. The molecule has 0 unspecified atom stereocenters. The van der Waals surface area contributed by atoms with E-state index < -0.39 is 0 Å². The van der Waals surface area contributed by atoms with E-state index >= 15 is 0 Å². The van der Waals surface area contributed by atoms with Crippen LogP contribution in [0.15, 0.2) is 42.6 Å². The Morgan fingerprint density at radius 2 is 1.93 bits per heavy atom. The first-order valence-corrected chi connectivity index (χ1v) is 9.42. The number of carbonyl (C=O) groups is 1. The van der Waals surface area contributed by atoms with Crippen molar-refractivity contribution < 1.29 is 9.18 Å². The van der Waals surface area contributed by atoms with E-state index in [1.54, 1.807) is 34.8 Å². The number of hydrogen-bond acceptors (Lipinski definition) is 4. The minimum atomic E-state index is -0.303. The molecule has 1 aliphatic heterocycles. The average molecular weight is 390 g/mol. The molecule has 0 atom stereocenters. The lowest BCUT2D eigenvalue weighted by atomic mass is 10.1. The molecule has 0 saturated heterocycles. The minimum Gasteiger partial charge on any atom is -0.332 e. The molecule has 1 aliphatic rings. The maximum atomic E-state index is 13.2. The van der Waals surface area contributed by atoms with E-state index in [0.29, 0.717) is 30.9 Å². The lowest BCUT2D eigenvalue weighted by molar-refractivity contribution is 0.0721. The molecule has 7 nitrogen and oxygen atoms in total. The van der Waals surface area contributed by atoms with Crippen molar-refractivity contribution in [2.45, 2.75) is 19.9 Å². The van der Waals surface area contributed by atoms with Crippen molar-refractivity contribution in [1.29, 1.82) is 0 Å². The van der Waals surface area contributed by atoms with Crippen LogP contribution in [-0.4, -0.2) is 41.7 Å². The molecule has 0 aliphatic carbocycles. The maximum Gasteiger partial charge on any atom is 0.272 e. The molecular formula is C21H19FN6O. The molecule has 3 aromatic heterocycles. The molecular weight excluding hydrogens is 371 g/mol. The van der Waals surface area contributed by atoms with Crippen molar-refractivity contribution in [2.24, 2.45) is 7.05 Å². The van der Waals surface area contributed by atoms with Crippen molar-refractivity contribution in [3.05, 3.63) is 71.1 Å². The van der Waals surface area contributed by atoms with E-state index in [1.165, 1.54) is 12.1 Å². The van der Waals surface area contributed by atoms with Gasteiger partial charge in [0.2, 0.25) is 0 Å². The summed E-state index contributed by atoms with van der Waals surface area (Å²) < 4.78 is 16.6. The van der Waals surface area contributed by atoms with E-state index in [4.69, 9.17) is 0 Å². The van der Waals surface area contributed by atoms with Crippen LogP contribution in [0.2, 0.25) is 0 Å². The number of benzene rings is 1. The van der Waals surface area contributed by atoms with Crippen LogP contribution >= 0.6 is 0 Å². The van der Waals surface area contributed by atoms with E-state index in [9.17, 15) is 9.18 Å². The number of hydrogen-bond donors (Lipinski definition) is 0. The number of carbonyl (C=O) groups excluding carboxylic acids is 1. The zero-order valence-corrected chi connectivity index (χ0v) is 16.1. The predicted octanol–water partition coefficient (Wildman–Crippen LogP) is 2.78. The molecule has 0 spiro atoms. The van der Waals surface area contributed by atoms with Gasteiger partial charge in [-0.3, -0.25) is 9.48 Å². The Balaban J connectivity index is 1.43. The van der Waals surface area contributed by atoms with Crippen LogP contribution in [0.3, 0.4) is 0 Å². The SMILES string of the molecule is Cc1cc2ncc3c(n2n1)CCN(C(=O)c1cc(-c2ccc(F)cc2)nn1C)C3. The Kier molecular flexibility index (Phi) is 3.94. The zero-order chi connectivity index (χ0) is 20.1. The Morgan fingerprint density at radius 1 is 1.14 bits per heavy atom. The monoisotopic (exact) mass is 390 g/mol. The van der Waals surface area contributed by atoms with Crippen molar-refractivity contribution in [1.82, 2.24) is 29.3 Å². The summed E-state index contributed by atoms with van der Waals surface area (Å²) in [6, 6.07) is 9.79. The third-order valence-corrected chi connectivity index (χ3v) is 5.30. The summed E-state index contributed by atoms with van der Waals surface area (Å²) in [7, 11) is 1.75. The number of halogens is 1. The van der Waals surface area contributed by atoms with Gasteiger partial charge in [-0.2, -0.15) is 10.2 Å². The van der Waals surface area contributed by atoms with Crippen molar-refractivity contribution in [2.75, 3.05) is 6.54 Å². The topological polar surface area (TPSA) is 68.3 Å². The number of aryl methyl sites for hydroxylation is 2. The quantitative estimate of drug-likeness (QED) is 0.528. The molecule has 8 heteroatoms. The van der Waals surface area contributed by atoms with Gasteiger partial charge in [0.1, 0.15) is 11.5 Å². The van der Waals surface area contributed by atoms with Gasteiger partial charge in [-0.1, -0.05) is 0 Å². The first-order chi connectivity index (χ1) is 14.0. The lowest BCUT2D eigenvalue weighted by Crippen LogP contribution is -2.37. The van der Waals surface area contributed by atoms with Crippen molar-refractivity contribution >= 4 is 11.6 Å². The largest absolute Gasteiger partial charge is 0.332 e. The molecule has 0 N–H and O–H groups in total. The minimum absolute atomic E-state index is 0.0873. The summed E-state index contributed by atoms with van der Waals surface area (Å²) in [5, 5.41) is 8.96. The van der Waals surface area contributed by atoms with Crippen molar-refractivity contribution in [3.63, 3.8) is 0 Å². The first-order valence-electron chi connectivity index (χ1n) is 9.42. The van der Waals surface area contributed by atoms with Crippen LogP contribution in [0.1, 0.15) is 27.4 Å². The van der Waals surface area contributed by atoms with Gasteiger partial charge in [0.05, 0.1) is 17.1 Å². The van der Waals surface area contributed by atoms with Crippen LogP contribution in [0.4, 0.5) is 4.39 Å². The van der Waals surface area contributed by atoms with E-state index in [2.05, 4.69) is 15.2 Å². The maximum absolute atomic E-state index is 13.2. The first kappa shape index (κ1) is 17.5. The molecule has 4 aromatic rings. The van der Waals surface area contributed by atoms with Gasteiger partial charge in [0.15, 0.2) is 5.65 Å². The summed E-state index contributed by atoms with van der Waals surface area (Å²) in [5.74, 6) is -0.390. The van der Waals surface area contributed by atoms with Crippen LogP contribution in [0.5, 0.6) is 0 Å². The molecule has 5 rings (SSSR count). The smallest absolute Gasteiger partial charge is 0.272 e. The van der Waals surface area contributed by atoms with Gasteiger partial charge in [-0.25, -0.2) is 13.9 Å². The molecule has 4 heterocycles. The molecule has 1 aromatic carbocycles. The van der Waals surface area contributed by atoms with Crippen LogP contribution < -0.4 is 0 Å². The molecule has 0 saturated carbocycles. The summed E-state index contributed by atoms with van der Waals surface area (Å²) in [4.78, 5) is 19.4. The highest BCUT2D eigenvalue weighted by molar-refractivity contribution is 5.93. The molecule has 146 valence electrons. The second-order valence-electron chi connectivity index (χ2n) is 7.31. The molecule has 1 amide bonds. The fourth-order valence-electron chi connectivity index (χ4n) is 3.82. The van der Waals surface area contributed by atoms with Crippen LogP contribution in [0, 0.1) is 12.7 Å². The number of nitrogens with zero attached hydrogens (tertiary/aromatic N) is 6. The highest BCUT2D eigenvalue weighted by Crippen LogP contribution is 2.24. The van der Waals surface area contributed by atoms with Gasteiger partial charge in [-0.15, -0.1) is 0 Å². The zero-order valence-electron chi connectivity index (χ0n) is 16.1. The highest BCUT2D eigenvalue weighted by Gasteiger charge is 2.26. The van der Waals surface area contributed by atoms with Gasteiger partial charge >= 0.3 is 0 Å². The Morgan fingerprint density at radius 3 is 2.72 bits per heavy atom. The third kappa shape index (κ3) is 2.97. The van der Waals surface area contributed by atoms with Gasteiger partial charge in [-0.05, 0) is 37.3 Å². The van der Waals surface area contributed by atoms with Gasteiger partial charge < -0.3 is 4.90 Å². The summed E-state index contributed by atoms with van der Waals surface area (Å²) in [6.07, 6.45) is 2.54. The normalized spacial score (nSPS) is 13.7. The number of aromatic nitrogens is 5. The summed E-state index contributed by atoms with van der Waals surface area (Å²) in [5.41, 5.74) is 5.76. The summed E-state index contributed by atoms with van der Waals surface area (Å²) in [6.45, 7) is 3.02. The number of rotatable bonds is 2. The lowest BCUT2D eigenvalue weighted by Gasteiger charge is -2.28.